The molecule has 2 aromatic carbocycles. The summed E-state index contributed by atoms with van der Waals surface area (Å²) < 4.78 is 17.9. The zero-order valence-electron chi connectivity index (χ0n) is 14.7. The van der Waals surface area contributed by atoms with E-state index >= 15 is 0 Å². The number of carboxylic acids is 1. The number of nitrogens with zero attached hydrogens (tertiary/aromatic N) is 1. The third-order valence-electron chi connectivity index (χ3n) is 3.54. The number of benzene rings is 2. The van der Waals surface area contributed by atoms with Gasteiger partial charge in [-0.05, 0) is 66.2 Å². The molecule has 0 spiro atoms. The highest BCUT2D eigenvalue weighted by Crippen LogP contribution is 2.13. The Morgan fingerprint density at radius 1 is 1.19 bits per heavy atom. The number of halogens is 1. The summed E-state index contributed by atoms with van der Waals surface area (Å²) in [6.07, 6.45) is 0.660. The quantitative estimate of drug-likeness (QED) is 0.407. The first-order valence-electron chi connectivity index (χ1n) is 8.26. The minimum Gasteiger partial charge on any atom is -0.546 e. The minimum atomic E-state index is -1.28. The number of carbonyl (C=O) groups excluding carboxylic acids is 1. The summed E-state index contributed by atoms with van der Waals surface area (Å²) >= 11 is 5.19. The molecule has 0 atom stereocenters. The third-order valence-corrected chi connectivity index (χ3v) is 3.77. The van der Waals surface area contributed by atoms with E-state index < -0.39 is 12.6 Å². The molecule has 0 fully saturated rings. The van der Waals surface area contributed by atoms with Crippen LogP contribution in [0.4, 0.5) is 4.39 Å². The van der Waals surface area contributed by atoms with Crippen molar-refractivity contribution < 1.29 is 19.0 Å². The molecule has 0 unspecified atom stereocenters. The maximum atomic E-state index is 12.9. The summed E-state index contributed by atoms with van der Waals surface area (Å²) in [5, 5.41) is 18.0. The van der Waals surface area contributed by atoms with Crippen LogP contribution in [0.3, 0.4) is 0 Å². The smallest absolute Gasteiger partial charge is 0.187 e. The summed E-state index contributed by atoms with van der Waals surface area (Å²) in [5.41, 5.74) is 5.31. The number of aliphatic carboxylic acids is 1. The Morgan fingerprint density at radius 3 is 2.44 bits per heavy atom. The number of carboxylic acid groups (broad SMARTS) is 1. The molecule has 2 aromatic rings. The molecule has 0 aliphatic carbocycles. The molecule has 27 heavy (non-hydrogen) atoms. The van der Waals surface area contributed by atoms with Crippen molar-refractivity contribution in [1.82, 2.24) is 10.7 Å². The Labute approximate surface area is 162 Å². The van der Waals surface area contributed by atoms with Gasteiger partial charge in [0.2, 0.25) is 0 Å². The van der Waals surface area contributed by atoms with Crippen LogP contribution < -0.4 is 20.6 Å². The summed E-state index contributed by atoms with van der Waals surface area (Å²) in [6.45, 7) is 1.91. The third kappa shape index (κ3) is 7.02. The number of hydrogen-bond acceptors (Lipinski definition) is 5. The lowest BCUT2D eigenvalue weighted by molar-refractivity contribution is -0.307. The lowest BCUT2D eigenvalue weighted by atomic mass is 10.1. The van der Waals surface area contributed by atoms with Gasteiger partial charge in [0.05, 0.1) is 11.7 Å². The van der Waals surface area contributed by atoms with E-state index in [4.69, 9.17) is 17.0 Å². The van der Waals surface area contributed by atoms with Crippen LogP contribution in [0.25, 0.3) is 0 Å². The van der Waals surface area contributed by atoms with E-state index in [-0.39, 0.29) is 5.82 Å². The van der Waals surface area contributed by atoms with Crippen molar-refractivity contribution in [3.05, 3.63) is 65.5 Å². The molecule has 8 heteroatoms. The first-order chi connectivity index (χ1) is 13.0. The van der Waals surface area contributed by atoms with Crippen molar-refractivity contribution in [1.29, 1.82) is 0 Å². The van der Waals surface area contributed by atoms with E-state index in [1.54, 1.807) is 36.4 Å². The number of hydrazone groups is 1. The summed E-state index contributed by atoms with van der Waals surface area (Å²) in [5.74, 6) is -1.13. The predicted octanol–water partition coefficient (Wildman–Crippen LogP) is 1.73. The standard InChI is InChI=1S/C19H20FN3O3S/c1-2-17(14-5-9-16(10-6-14)26-12-18(24)25)22-23-19(27)21-11-13-3-7-15(20)8-4-13/h3-10H,2,11-12H2,1H3,(H,24,25)(H2,21,23,27)/p-1/b22-17-. The average Bonchev–Trinajstić information content (AvgIpc) is 2.67. The number of carbonyl (C=O) groups is 1. The molecule has 0 aromatic heterocycles. The van der Waals surface area contributed by atoms with Gasteiger partial charge >= 0.3 is 0 Å². The Balaban J connectivity index is 1.89. The minimum absolute atomic E-state index is 0.285. The molecule has 142 valence electrons. The molecule has 0 saturated carbocycles. The number of nitrogens with one attached hydrogen (secondary N) is 2. The molecule has 0 aliphatic heterocycles. The summed E-state index contributed by atoms with van der Waals surface area (Å²) in [7, 11) is 0. The largest absolute Gasteiger partial charge is 0.546 e. The molecule has 0 radical (unpaired) electrons. The normalized spacial score (nSPS) is 11.0. The highest BCUT2D eigenvalue weighted by Gasteiger charge is 2.03. The monoisotopic (exact) mass is 388 g/mol. The maximum absolute atomic E-state index is 12.9. The molecule has 2 N–H and O–H groups in total. The van der Waals surface area contributed by atoms with Gasteiger partial charge in [-0.2, -0.15) is 5.10 Å². The number of hydrogen-bond donors (Lipinski definition) is 2. The second-order valence-electron chi connectivity index (χ2n) is 5.52. The van der Waals surface area contributed by atoms with Crippen LogP contribution in [0.15, 0.2) is 53.6 Å². The first kappa shape index (κ1) is 20.3. The van der Waals surface area contributed by atoms with Gasteiger partial charge < -0.3 is 20.0 Å². The van der Waals surface area contributed by atoms with Crippen LogP contribution in [0.2, 0.25) is 0 Å². The lowest BCUT2D eigenvalue weighted by Crippen LogP contribution is -2.32. The van der Waals surface area contributed by atoms with Crippen LogP contribution in [0.5, 0.6) is 5.75 Å². The Bertz CT molecular complexity index is 808. The van der Waals surface area contributed by atoms with Crippen molar-refractivity contribution in [3.8, 4) is 5.75 Å². The second kappa shape index (κ2) is 10.2. The fourth-order valence-corrected chi connectivity index (χ4v) is 2.29. The average molecular weight is 388 g/mol. The van der Waals surface area contributed by atoms with Gasteiger partial charge in [-0.25, -0.2) is 4.39 Å². The molecule has 0 bridgehead atoms. The van der Waals surface area contributed by atoms with Crippen LogP contribution >= 0.6 is 12.2 Å². The first-order valence-corrected chi connectivity index (χ1v) is 8.66. The molecule has 0 heterocycles. The van der Waals surface area contributed by atoms with Crippen LogP contribution in [-0.4, -0.2) is 23.4 Å². The van der Waals surface area contributed by atoms with Crippen LogP contribution in [-0.2, 0) is 11.3 Å². The van der Waals surface area contributed by atoms with Crippen molar-refractivity contribution in [3.63, 3.8) is 0 Å². The summed E-state index contributed by atoms with van der Waals surface area (Å²) in [4.78, 5) is 10.4. The van der Waals surface area contributed by atoms with Gasteiger partial charge in [-0.15, -0.1) is 0 Å². The SMILES string of the molecule is CC/C(=N/NC(=S)NCc1ccc(F)cc1)c1ccc(OCC(=O)[O-])cc1. The lowest BCUT2D eigenvalue weighted by Gasteiger charge is -2.10. The van der Waals surface area contributed by atoms with Gasteiger partial charge in [0.1, 0.15) is 18.2 Å². The van der Waals surface area contributed by atoms with Gasteiger partial charge in [-0.3, -0.25) is 5.43 Å². The van der Waals surface area contributed by atoms with Gasteiger partial charge in [-0.1, -0.05) is 19.1 Å². The molecule has 0 amide bonds. The van der Waals surface area contributed by atoms with Gasteiger partial charge in [0.15, 0.2) is 5.11 Å². The Morgan fingerprint density at radius 2 is 1.85 bits per heavy atom. The fourth-order valence-electron chi connectivity index (χ4n) is 2.18. The van der Waals surface area contributed by atoms with E-state index in [1.165, 1.54) is 12.1 Å². The highest BCUT2D eigenvalue weighted by atomic mass is 32.1. The molecule has 2 rings (SSSR count). The second-order valence-corrected chi connectivity index (χ2v) is 5.93. The topological polar surface area (TPSA) is 85.8 Å². The maximum Gasteiger partial charge on any atom is 0.187 e. The Hall–Kier alpha value is -3.00. The van der Waals surface area contributed by atoms with E-state index in [1.807, 2.05) is 6.92 Å². The zero-order chi connectivity index (χ0) is 19.6. The van der Waals surface area contributed by atoms with Crippen molar-refractivity contribution in [2.75, 3.05) is 6.61 Å². The Kier molecular flexibility index (Phi) is 7.69. The number of rotatable bonds is 8. The molecule has 6 nitrogen and oxygen atoms in total. The highest BCUT2D eigenvalue weighted by molar-refractivity contribution is 7.80. The molecule has 0 saturated heterocycles. The van der Waals surface area contributed by atoms with Crippen LogP contribution in [0.1, 0.15) is 24.5 Å². The predicted molar refractivity (Wildman–Crippen MR) is 103 cm³/mol. The van der Waals surface area contributed by atoms with E-state index in [0.29, 0.717) is 23.8 Å². The summed E-state index contributed by atoms with van der Waals surface area (Å²) in [6, 6.07) is 13.0. The van der Waals surface area contributed by atoms with E-state index in [9.17, 15) is 14.3 Å². The number of ether oxygens (including phenoxy) is 1. The molecular weight excluding hydrogens is 369 g/mol. The van der Waals surface area contributed by atoms with Crippen molar-refractivity contribution in [2.45, 2.75) is 19.9 Å². The fraction of sp³-hybridized carbons (Fsp3) is 0.211. The molecule has 0 aliphatic rings. The van der Waals surface area contributed by atoms with Crippen LogP contribution in [0, 0.1) is 5.82 Å². The molecular formula is C19H19FN3O3S-. The van der Waals surface area contributed by atoms with Gasteiger partial charge in [0, 0.05) is 6.54 Å². The van der Waals surface area contributed by atoms with E-state index in [0.717, 1.165) is 16.8 Å². The van der Waals surface area contributed by atoms with Crippen molar-refractivity contribution in [2.24, 2.45) is 5.10 Å². The van der Waals surface area contributed by atoms with E-state index in [2.05, 4.69) is 15.8 Å². The van der Waals surface area contributed by atoms with Gasteiger partial charge in [0.25, 0.3) is 0 Å². The number of thiocarbonyl (C=S) groups is 1. The van der Waals surface area contributed by atoms with Crippen molar-refractivity contribution >= 4 is 29.0 Å². The zero-order valence-corrected chi connectivity index (χ0v) is 15.5.